The number of thioether (sulfide) groups is 1. The van der Waals surface area contributed by atoms with Crippen LogP contribution >= 0.6 is 24.0 Å². The van der Waals surface area contributed by atoms with Crippen molar-refractivity contribution >= 4 is 29.1 Å². The van der Waals surface area contributed by atoms with Crippen LogP contribution in [0.1, 0.15) is 6.92 Å². The molecule has 0 bridgehead atoms. The fraction of sp³-hybridized carbons (Fsp3) is 0.800. The molecule has 1 atom stereocenters. The number of rotatable bonds is 3. The van der Waals surface area contributed by atoms with Gasteiger partial charge in [-0.1, -0.05) is 6.92 Å². The smallest absolute Gasteiger partial charge is 0.0609 e. The highest BCUT2D eigenvalue weighted by Gasteiger charge is 1.93. The summed E-state index contributed by atoms with van der Waals surface area (Å²) in [6, 6.07) is 0. The van der Waals surface area contributed by atoms with Crippen LogP contribution in [0.2, 0.25) is 0 Å². The fourth-order valence-electron chi connectivity index (χ4n) is 0.240. The molecular weight excluding hydrogens is 138 g/mol. The molecule has 3 heteroatoms. The second-order valence-electron chi connectivity index (χ2n) is 1.48. The topological polar surface area (TPSA) is 12.4 Å². The quantitative estimate of drug-likeness (QED) is 0.446. The molecule has 0 fully saturated rings. The first-order valence-electron chi connectivity index (χ1n) is 2.37. The van der Waals surface area contributed by atoms with Crippen LogP contribution in [0.25, 0.3) is 0 Å². The molecule has 0 aliphatic carbocycles. The number of aliphatic imine (C=N–C) groups is 1. The number of isothiocyanates is 1. The lowest BCUT2D eigenvalue weighted by molar-refractivity contribution is 0.962. The third kappa shape index (κ3) is 4.31. The molecule has 8 heavy (non-hydrogen) atoms. The van der Waals surface area contributed by atoms with Gasteiger partial charge in [0.15, 0.2) is 0 Å². The molecule has 0 saturated heterocycles. The van der Waals surface area contributed by atoms with Crippen molar-refractivity contribution in [2.24, 2.45) is 4.99 Å². The summed E-state index contributed by atoms with van der Waals surface area (Å²) >= 11 is 6.18. The van der Waals surface area contributed by atoms with Gasteiger partial charge in [-0.3, -0.25) is 0 Å². The van der Waals surface area contributed by atoms with E-state index in [4.69, 9.17) is 0 Å². The summed E-state index contributed by atoms with van der Waals surface area (Å²) in [7, 11) is 0. The molecule has 1 unspecified atom stereocenters. The second-order valence-corrected chi connectivity index (χ2v) is 2.94. The molecule has 0 aliphatic heterocycles. The molecule has 0 spiro atoms. The monoisotopic (exact) mass is 147 g/mol. The Morgan fingerprint density at radius 2 is 2.50 bits per heavy atom. The van der Waals surface area contributed by atoms with Gasteiger partial charge in [-0.05, 0) is 18.5 Å². The third-order valence-electron chi connectivity index (χ3n) is 0.815. The van der Waals surface area contributed by atoms with E-state index in [2.05, 4.69) is 35.6 Å². The highest BCUT2D eigenvalue weighted by atomic mass is 32.2. The second kappa shape index (κ2) is 5.29. The van der Waals surface area contributed by atoms with Crippen LogP contribution in [0.5, 0.6) is 0 Å². The summed E-state index contributed by atoms with van der Waals surface area (Å²) in [5, 5.41) is 2.90. The maximum atomic E-state index is 4.39. The number of hydrogen-bond acceptors (Lipinski definition) is 3. The van der Waals surface area contributed by atoms with E-state index >= 15 is 0 Å². The van der Waals surface area contributed by atoms with Crippen molar-refractivity contribution in [3.8, 4) is 0 Å². The summed E-state index contributed by atoms with van der Waals surface area (Å²) in [5.41, 5.74) is 0. The molecule has 0 heterocycles. The molecular formula is C5H9NS2. The van der Waals surface area contributed by atoms with Gasteiger partial charge in [0, 0.05) is 5.25 Å². The fourth-order valence-corrected chi connectivity index (χ4v) is 0.539. The van der Waals surface area contributed by atoms with Crippen molar-refractivity contribution in [1.29, 1.82) is 0 Å². The van der Waals surface area contributed by atoms with Crippen LogP contribution in [0.4, 0.5) is 0 Å². The molecule has 0 N–H and O–H groups in total. The van der Waals surface area contributed by atoms with Crippen LogP contribution < -0.4 is 0 Å². The zero-order valence-electron chi connectivity index (χ0n) is 5.05. The summed E-state index contributed by atoms with van der Waals surface area (Å²) in [6.07, 6.45) is 2.06. The Kier molecular flexibility index (Phi) is 5.39. The standard InChI is InChI=1S/C5H9NS2/c1-5(8-2)3-6-4-7/h5H,3H2,1-2H3. The van der Waals surface area contributed by atoms with Gasteiger partial charge >= 0.3 is 0 Å². The van der Waals surface area contributed by atoms with Gasteiger partial charge in [-0.25, -0.2) is 4.99 Å². The summed E-state index contributed by atoms with van der Waals surface area (Å²) in [5.74, 6) is 0. The van der Waals surface area contributed by atoms with Crippen molar-refractivity contribution < 1.29 is 0 Å². The lowest BCUT2D eigenvalue weighted by Crippen LogP contribution is -1.98. The van der Waals surface area contributed by atoms with Crippen molar-refractivity contribution in [3.63, 3.8) is 0 Å². The highest BCUT2D eigenvalue weighted by Crippen LogP contribution is 2.03. The molecule has 0 aliphatic rings. The van der Waals surface area contributed by atoms with E-state index in [1.54, 1.807) is 11.8 Å². The van der Waals surface area contributed by atoms with E-state index in [-0.39, 0.29) is 0 Å². The average Bonchev–Trinajstić information content (AvgIpc) is 1.83. The third-order valence-corrected chi connectivity index (χ3v) is 1.90. The minimum absolute atomic E-state index is 0.574. The summed E-state index contributed by atoms with van der Waals surface area (Å²) in [4.78, 5) is 3.79. The van der Waals surface area contributed by atoms with E-state index in [0.29, 0.717) is 5.25 Å². The molecule has 46 valence electrons. The normalized spacial score (nSPS) is 12.2. The number of hydrogen-bond donors (Lipinski definition) is 0. The molecule has 0 saturated carbocycles. The van der Waals surface area contributed by atoms with Crippen molar-refractivity contribution in [2.45, 2.75) is 12.2 Å². The average molecular weight is 147 g/mol. The SMILES string of the molecule is CSC(C)CN=C=S. The number of nitrogens with zero attached hydrogens (tertiary/aromatic N) is 1. The molecule has 0 aromatic rings. The van der Waals surface area contributed by atoms with Crippen molar-refractivity contribution in [3.05, 3.63) is 0 Å². The molecule has 0 amide bonds. The maximum absolute atomic E-state index is 4.39. The Morgan fingerprint density at radius 3 is 2.88 bits per heavy atom. The Bertz CT molecular complexity index is 96.6. The van der Waals surface area contributed by atoms with E-state index < -0.39 is 0 Å². The van der Waals surface area contributed by atoms with E-state index in [9.17, 15) is 0 Å². The molecule has 0 radical (unpaired) electrons. The molecule has 0 aromatic carbocycles. The summed E-state index contributed by atoms with van der Waals surface area (Å²) < 4.78 is 0. The van der Waals surface area contributed by atoms with Gasteiger partial charge in [0.2, 0.25) is 0 Å². The molecule has 1 nitrogen and oxygen atoms in total. The van der Waals surface area contributed by atoms with E-state index in [1.807, 2.05) is 0 Å². The van der Waals surface area contributed by atoms with Gasteiger partial charge in [-0.15, -0.1) is 0 Å². The van der Waals surface area contributed by atoms with Crippen LogP contribution in [-0.4, -0.2) is 23.2 Å². The molecule has 0 aromatic heterocycles. The zero-order valence-corrected chi connectivity index (χ0v) is 6.68. The first kappa shape index (κ1) is 8.15. The summed E-state index contributed by atoms with van der Waals surface area (Å²) in [6.45, 7) is 2.91. The largest absolute Gasteiger partial charge is 0.231 e. The van der Waals surface area contributed by atoms with Gasteiger partial charge in [0.05, 0.1) is 11.7 Å². The highest BCUT2D eigenvalue weighted by molar-refractivity contribution is 7.99. The van der Waals surface area contributed by atoms with Gasteiger partial charge in [0.1, 0.15) is 0 Å². The lowest BCUT2D eigenvalue weighted by Gasteiger charge is -1.98. The predicted octanol–water partition coefficient (Wildman–Crippen LogP) is 1.84. The predicted molar refractivity (Wildman–Crippen MR) is 42.9 cm³/mol. The maximum Gasteiger partial charge on any atom is 0.0609 e. The number of thiocarbonyl (C=S) groups is 1. The van der Waals surface area contributed by atoms with Crippen LogP contribution in [0, 0.1) is 0 Å². The minimum Gasteiger partial charge on any atom is -0.231 e. The van der Waals surface area contributed by atoms with E-state index in [1.165, 1.54) is 0 Å². The Labute approximate surface area is 59.6 Å². The molecule has 0 rings (SSSR count). The van der Waals surface area contributed by atoms with Crippen LogP contribution in [-0.2, 0) is 0 Å². The van der Waals surface area contributed by atoms with E-state index in [0.717, 1.165) is 6.54 Å². The minimum atomic E-state index is 0.574. The van der Waals surface area contributed by atoms with Gasteiger partial charge in [-0.2, -0.15) is 11.8 Å². The van der Waals surface area contributed by atoms with Gasteiger partial charge < -0.3 is 0 Å². The lowest BCUT2D eigenvalue weighted by atomic mass is 10.5. The van der Waals surface area contributed by atoms with Crippen molar-refractivity contribution in [1.82, 2.24) is 0 Å². The zero-order chi connectivity index (χ0) is 6.41. The van der Waals surface area contributed by atoms with Crippen LogP contribution in [0.15, 0.2) is 4.99 Å². The van der Waals surface area contributed by atoms with Crippen LogP contribution in [0.3, 0.4) is 0 Å². The first-order valence-corrected chi connectivity index (χ1v) is 4.07. The Balaban J connectivity index is 3.23. The first-order chi connectivity index (χ1) is 3.81. The van der Waals surface area contributed by atoms with Crippen molar-refractivity contribution in [2.75, 3.05) is 12.8 Å². The van der Waals surface area contributed by atoms with Gasteiger partial charge in [0.25, 0.3) is 0 Å². The Hall–Kier alpha value is 0.150. The Morgan fingerprint density at radius 1 is 1.88 bits per heavy atom.